The first-order valence-corrected chi connectivity index (χ1v) is 10.8. The predicted molar refractivity (Wildman–Crippen MR) is 108 cm³/mol. The molecule has 0 fully saturated rings. The number of benzene rings is 2. The Hall–Kier alpha value is -2.09. The number of esters is 1. The van der Waals surface area contributed by atoms with Crippen molar-refractivity contribution in [3.05, 3.63) is 71.6 Å². The molecule has 1 atom stereocenters. The highest BCUT2D eigenvalue weighted by Gasteiger charge is 2.27. The first-order valence-electron chi connectivity index (χ1n) is 8.48. The van der Waals surface area contributed by atoms with Crippen LogP contribution in [0.4, 0.5) is 0 Å². The van der Waals surface area contributed by atoms with Crippen molar-refractivity contribution in [3.63, 3.8) is 0 Å². The molecule has 2 aromatic carbocycles. The number of aryl methyl sites for hydroxylation is 1. The summed E-state index contributed by atoms with van der Waals surface area (Å²) in [5, 5.41) is 0. The highest BCUT2D eigenvalue weighted by molar-refractivity contribution is 8.03. The molecular weight excluding hydrogens is 382 g/mol. The molecule has 0 aliphatic heterocycles. The molecule has 0 heterocycles. The summed E-state index contributed by atoms with van der Waals surface area (Å²) in [7, 11) is -3.86. The van der Waals surface area contributed by atoms with Gasteiger partial charge in [-0.2, -0.15) is 4.72 Å². The average molecular weight is 406 g/mol. The van der Waals surface area contributed by atoms with Crippen molar-refractivity contribution in [2.75, 3.05) is 6.61 Å². The normalized spacial score (nSPS) is 12.4. The summed E-state index contributed by atoms with van der Waals surface area (Å²) >= 11 is 1.39. The maximum absolute atomic E-state index is 12.6. The first-order chi connectivity index (χ1) is 12.8. The van der Waals surface area contributed by atoms with Crippen LogP contribution in [0.1, 0.15) is 18.9 Å². The SMILES string of the molecule is C=C(CC(NS(=O)(=O)c1ccc(C)cc1)C(=O)OCC)Sc1ccccc1. The summed E-state index contributed by atoms with van der Waals surface area (Å²) < 4.78 is 32.8. The molecule has 0 saturated heterocycles. The Morgan fingerprint density at radius 2 is 1.78 bits per heavy atom. The molecule has 2 aromatic rings. The van der Waals surface area contributed by atoms with E-state index in [0.717, 1.165) is 10.5 Å². The standard InChI is InChI=1S/C20H23NO4S2/c1-4-25-20(22)19(14-16(3)26-17-8-6-5-7-9-17)21-27(23,24)18-12-10-15(2)11-13-18/h5-13,19,21H,3-4,14H2,1-2H3. The Kier molecular flexibility index (Phi) is 7.65. The maximum atomic E-state index is 12.6. The summed E-state index contributed by atoms with van der Waals surface area (Å²) in [4.78, 5) is 14.0. The van der Waals surface area contributed by atoms with Crippen LogP contribution in [-0.2, 0) is 19.6 Å². The van der Waals surface area contributed by atoms with Crippen LogP contribution < -0.4 is 4.72 Å². The van der Waals surface area contributed by atoms with Crippen molar-refractivity contribution in [2.24, 2.45) is 0 Å². The molecule has 144 valence electrons. The summed E-state index contributed by atoms with van der Waals surface area (Å²) in [5.41, 5.74) is 0.948. The number of carbonyl (C=O) groups is 1. The van der Waals surface area contributed by atoms with Crippen LogP contribution in [0, 0.1) is 6.92 Å². The van der Waals surface area contributed by atoms with Crippen molar-refractivity contribution in [1.29, 1.82) is 0 Å². The Balaban J connectivity index is 2.15. The quantitative estimate of drug-likeness (QED) is 0.506. The van der Waals surface area contributed by atoms with Crippen LogP contribution in [0.5, 0.6) is 0 Å². The van der Waals surface area contributed by atoms with Crippen LogP contribution >= 0.6 is 11.8 Å². The third-order valence-corrected chi connectivity index (χ3v) is 6.09. The average Bonchev–Trinajstić information content (AvgIpc) is 2.62. The van der Waals surface area contributed by atoms with E-state index in [1.807, 2.05) is 37.3 Å². The molecule has 0 aliphatic rings. The lowest BCUT2D eigenvalue weighted by Gasteiger charge is -2.18. The second kappa shape index (κ2) is 9.73. The zero-order valence-corrected chi connectivity index (χ0v) is 17.0. The lowest BCUT2D eigenvalue weighted by molar-refractivity contribution is -0.145. The van der Waals surface area contributed by atoms with Gasteiger partial charge in [0.05, 0.1) is 11.5 Å². The number of rotatable bonds is 9. The lowest BCUT2D eigenvalue weighted by atomic mass is 10.2. The number of hydrogen-bond acceptors (Lipinski definition) is 5. The van der Waals surface area contributed by atoms with Crippen molar-refractivity contribution < 1.29 is 17.9 Å². The number of carbonyl (C=O) groups excluding carboxylic acids is 1. The van der Waals surface area contributed by atoms with Crippen molar-refractivity contribution in [1.82, 2.24) is 4.72 Å². The van der Waals surface area contributed by atoms with Gasteiger partial charge in [-0.15, -0.1) is 0 Å². The van der Waals surface area contributed by atoms with E-state index < -0.39 is 22.0 Å². The summed E-state index contributed by atoms with van der Waals surface area (Å²) in [6.45, 7) is 7.68. The van der Waals surface area contributed by atoms with E-state index in [9.17, 15) is 13.2 Å². The smallest absolute Gasteiger partial charge is 0.324 e. The maximum Gasteiger partial charge on any atom is 0.324 e. The van der Waals surface area contributed by atoms with Gasteiger partial charge < -0.3 is 4.74 Å². The summed E-state index contributed by atoms with van der Waals surface area (Å²) in [6.07, 6.45) is 0.128. The molecule has 27 heavy (non-hydrogen) atoms. The molecule has 1 unspecified atom stereocenters. The van der Waals surface area contributed by atoms with Crippen LogP contribution in [0.25, 0.3) is 0 Å². The van der Waals surface area contributed by atoms with Gasteiger partial charge in [0.2, 0.25) is 10.0 Å². The van der Waals surface area contributed by atoms with Crippen molar-refractivity contribution >= 4 is 27.8 Å². The third kappa shape index (κ3) is 6.53. The number of nitrogens with one attached hydrogen (secondary N) is 1. The molecule has 0 aliphatic carbocycles. The van der Waals surface area contributed by atoms with Crippen LogP contribution in [0.15, 0.2) is 75.9 Å². The van der Waals surface area contributed by atoms with E-state index in [1.165, 1.54) is 23.9 Å². The fourth-order valence-electron chi connectivity index (χ4n) is 2.31. The monoisotopic (exact) mass is 405 g/mol. The van der Waals surface area contributed by atoms with Gasteiger partial charge in [-0.3, -0.25) is 4.79 Å². The minimum atomic E-state index is -3.86. The Morgan fingerprint density at radius 1 is 1.15 bits per heavy atom. The number of ether oxygens (including phenoxy) is 1. The van der Waals surface area contributed by atoms with Crippen molar-refractivity contribution in [2.45, 2.75) is 36.1 Å². The highest BCUT2D eigenvalue weighted by atomic mass is 32.2. The summed E-state index contributed by atoms with van der Waals surface area (Å²) in [6, 6.07) is 14.9. The predicted octanol–water partition coefficient (Wildman–Crippen LogP) is 3.90. The number of thioether (sulfide) groups is 1. The Bertz CT molecular complexity index is 878. The van der Waals surface area contributed by atoms with E-state index >= 15 is 0 Å². The van der Waals surface area contributed by atoms with Gasteiger partial charge in [-0.1, -0.05) is 54.2 Å². The molecule has 0 aromatic heterocycles. The zero-order chi connectivity index (χ0) is 19.9. The van der Waals surface area contributed by atoms with Gasteiger partial charge in [-0.05, 0) is 43.0 Å². The number of hydrogen-bond donors (Lipinski definition) is 1. The zero-order valence-electron chi connectivity index (χ0n) is 15.3. The second-order valence-corrected chi connectivity index (χ2v) is 8.86. The van der Waals surface area contributed by atoms with Gasteiger partial charge >= 0.3 is 5.97 Å². The molecule has 0 saturated carbocycles. The van der Waals surface area contributed by atoms with Gasteiger partial charge in [0.1, 0.15) is 6.04 Å². The van der Waals surface area contributed by atoms with Crippen LogP contribution in [0.3, 0.4) is 0 Å². The summed E-state index contributed by atoms with van der Waals surface area (Å²) in [5.74, 6) is -0.622. The first kappa shape index (κ1) is 21.2. The van der Waals surface area contributed by atoms with Gasteiger partial charge in [-0.25, -0.2) is 8.42 Å². The largest absolute Gasteiger partial charge is 0.465 e. The molecule has 0 bridgehead atoms. The van der Waals surface area contributed by atoms with E-state index in [0.29, 0.717) is 4.91 Å². The van der Waals surface area contributed by atoms with E-state index in [1.54, 1.807) is 19.1 Å². The van der Waals surface area contributed by atoms with E-state index in [-0.39, 0.29) is 17.9 Å². The van der Waals surface area contributed by atoms with E-state index in [2.05, 4.69) is 11.3 Å². The van der Waals surface area contributed by atoms with Gasteiger partial charge in [0.25, 0.3) is 0 Å². The number of sulfonamides is 1. The molecule has 7 heteroatoms. The fourth-order valence-corrected chi connectivity index (χ4v) is 4.37. The molecule has 0 spiro atoms. The highest BCUT2D eigenvalue weighted by Crippen LogP contribution is 2.28. The molecule has 2 rings (SSSR count). The van der Waals surface area contributed by atoms with E-state index in [4.69, 9.17) is 4.74 Å². The molecule has 0 radical (unpaired) electrons. The van der Waals surface area contributed by atoms with Crippen LogP contribution in [0.2, 0.25) is 0 Å². The topological polar surface area (TPSA) is 72.5 Å². The molecule has 1 N–H and O–H groups in total. The third-order valence-electron chi connectivity index (χ3n) is 3.64. The fraction of sp³-hybridized carbons (Fsp3) is 0.250. The van der Waals surface area contributed by atoms with Crippen LogP contribution in [-0.4, -0.2) is 27.0 Å². The minimum absolute atomic E-state index is 0.101. The van der Waals surface area contributed by atoms with Crippen molar-refractivity contribution in [3.8, 4) is 0 Å². The Morgan fingerprint density at radius 3 is 2.37 bits per heavy atom. The lowest BCUT2D eigenvalue weighted by Crippen LogP contribution is -2.41. The van der Waals surface area contributed by atoms with Gasteiger partial charge in [0.15, 0.2) is 0 Å². The molecular formula is C20H23NO4S2. The molecule has 5 nitrogen and oxygen atoms in total. The second-order valence-electron chi connectivity index (χ2n) is 5.90. The van der Waals surface area contributed by atoms with Gasteiger partial charge in [0, 0.05) is 11.3 Å². The minimum Gasteiger partial charge on any atom is -0.465 e. The molecule has 0 amide bonds. The Labute approximate surface area is 164 Å².